The molecule has 0 saturated carbocycles. The quantitative estimate of drug-likeness (QED) is 0.911. The van der Waals surface area contributed by atoms with E-state index in [9.17, 15) is 0 Å². The average Bonchev–Trinajstić information content (AvgIpc) is 2.87. The second kappa shape index (κ2) is 6.93. The van der Waals surface area contributed by atoms with Gasteiger partial charge in [0, 0.05) is 25.2 Å². The van der Waals surface area contributed by atoms with Gasteiger partial charge in [0.25, 0.3) is 0 Å². The maximum atomic E-state index is 3.73. The largest absolute Gasteiger partial charge is 0.313 e. The van der Waals surface area contributed by atoms with Gasteiger partial charge >= 0.3 is 0 Å². The first kappa shape index (κ1) is 15.1. The molecule has 1 aromatic carbocycles. The molecule has 1 aliphatic heterocycles. The van der Waals surface area contributed by atoms with Crippen molar-refractivity contribution in [3.8, 4) is 0 Å². The van der Waals surface area contributed by atoms with Crippen molar-refractivity contribution >= 4 is 0 Å². The van der Waals surface area contributed by atoms with Crippen LogP contribution in [0.2, 0.25) is 0 Å². The Morgan fingerprint density at radius 2 is 2.10 bits per heavy atom. The zero-order valence-electron chi connectivity index (χ0n) is 13.7. The van der Waals surface area contributed by atoms with Crippen LogP contribution in [0.3, 0.4) is 0 Å². The summed E-state index contributed by atoms with van der Waals surface area (Å²) in [5, 5.41) is 3.73. The Balaban J connectivity index is 1.69. The summed E-state index contributed by atoms with van der Waals surface area (Å²) in [6, 6.07) is 8.58. The van der Waals surface area contributed by atoms with Gasteiger partial charge in [-0.15, -0.1) is 0 Å². The van der Waals surface area contributed by atoms with Gasteiger partial charge in [-0.25, -0.2) is 0 Å². The Morgan fingerprint density at radius 3 is 2.95 bits per heavy atom. The van der Waals surface area contributed by atoms with E-state index in [4.69, 9.17) is 0 Å². The molecule has 1 aliphatic carbocycles. The monoisotopic (exact) mass is 286 g/mol. The fourth-order valence-electron chi connectivity index (χ4n) is 3.93. The predicted octanol–water partition coefficient (Wildman–Crippen LogP) is 3.53. The highest BCUT2D eigenvalue weighted by Crippen LogP contribution is 2.24. The fourth-order valence-corrected chi connectivity index (χ4v) is 3.93. The van der Waals surface area contributed by atoms with Gasteiger partial charge in [0.2, 0.25) is 0 Å². The molecule has 116 valence electrons. The predicted molar refractivity (Wildman–Crippen MR) is 89.7 cm³/mol. The zero-order valence-corrected chi connectivity index (χ0v) is 13.7. The van der Waals surface area contributed by atoms with Crippen molar-refractivity contribution in [2.75, 3.05) is 13.1 Å². The first-order valence-corrected chi connectivity index (χ1v) is 8.84. The SMILES string of the molecule is CCCC1CN(Cc2ccc3c(c2)CCC3)C(C)CCN1. The molecule has 0 radical (unpaired) electrons. The molecule has 0 spiro atoms. The van der Waals surface area contributed by atoms with Gasteiger partial charge in [-0.2, -0.15) is 0 Å². The molecule has 1 fully saturated rings. The minimum absolute atomic E-state index is 0.675. The third-order valence-electron chi connectivity index (χ3n) is 5.26. The third-order valence-corrected chi connectivity index (χ3v) is 5.26. The van der Waals surface area contributed by atoms with Crippen LogP contribution in [0.4, 0.5) is 0 Å². The lowest BCUT2D eigenvalue weighted by Crippen LogP contribution is -2.39. The minimum Gasteiger partial charge on any atom is -0.313 e. The molecule has 0 amide bonds. The van der Waals surface area contributed by atoms with E-state index in [1.54, 1.807) is 11.1 Å². The number of fused-ring (bicyclic) bond motifs is 1. The molecule has 3 rings (SSSR count). The molecule has 21 heavy (non-hydrogen) atoms. The number of hydrogen-bond donors (Lipinski definition) is 1. The van der Waals surface area contributed by atoms with Crippen molar-refractivity contribution in [1.29, 1.82) is 0 Å². The number of aryl methyl sites for hydroxylation is 2. The van der Waals surface area contributed by atoms with Gasteiger partial charge < -0.3 is 5.32 Å². The maximum absolute atomic E-state index is 3.73. The van der Waals surface area contributed by atoms with Crippen LogP contribution in [0.5, 0.6) is 0 Å². The number of benzene rings is 1. The minimum atomic E-state index is 0.675. The molecule has 0 aromatic heterocycles. The van der Waals surface area contributed by atoms with Gasteiger partial charge in [-0.1, -0.05) is 31.5 Å². The number of nitrogens with one attached hydrogen (secondary N) is 1. The van der Waals surface area contributed by atoms with E-state index in [1.165, 1.54) is 57.2 Å². The summed E-state index contributed by atoms with van der Waals surface area (Å²) < 4.78 is 0. The first-order chi connectivity index (χ1) is 10.3. The van der Waals surface area contributed by atoms with E-state index in [-0.39, 0.29) is 0 Å². The van der Waals surface area contributed by atoms with Gasteiger partial charge in [-0.3, -0.25) is 4.90 Å². The standard InChI is InChI=1S/C19H30N2/c1-3-5-19-14-21(15(2)10-11-20-19)13-16-8-9-17-6-4-7-18(17)12-16/h8-9,12,15,19-20H,3-7,10-11,13-14H2,1-2H3. The van der Waals surface area contributed by atoms with E-state index in [2.05, 4.69) is 42.3 Å². The molecule has 1 saturated heterocycles. The average molecular weight is 286 g/mol. The van der Waals surface area contributed by atoms with Crippen molar-refractivity contribution in [1.82, 2.24) is 10.2 Å². The molecule has 0 bridgehead atoms. The lowest BCUT2D eigenvalue weighted by Gasteiger charge is -2.29. The van der Waals surface area contributed by atoms with Crippen molar-refractivity contribution in [3.63, 3.8) is 0 Å². The van der Waals surface area contributed by atoms with Crippen LogP contribution >= 0.6 is 0 Å². The van der Waals surface area contributed by atoms with Crippen LogP contribution < -0.4 is 5.32 Å². The fraction of sp³-hybridized carbons (Fsp3) is 0.684. The van der Waals surface area contributed by atoms with Crippen LogP contribution in [0.15, 0.2) is 18.2 Å². The van der Waals surface area contributed by atoms with Crippen LogP contribution in [0.1, 0.15) is 56.2 Å². The Kier molecular flexibility index (Phi) is 4.97. The highest BCUT2D eigenvalue weighted by Gasteiger charge is 2.22. The highest BCUT2D eigenvalue weighted by atomic mass is 15.2. The number of nitrogens with zero attached hydrogens (tertiary/aromatic N) is 1. The van der Waals surface area contributed by atoms with Crippen molar-refractivity contribution in [2.45, 2.75) is 71.0 Å². The molecule has 2 atom stereocenters. The van der Waals surface area contributed by atoms with Crippen molar-refractivity contribution < 1.29 is 0 Å². The maximum Gasteiger partial charge on any atom is 0.0237 e. The van der Waals surface area contributed by atoms with Crippen molar-refractivity contribution in [3.05, 3.63) is 34.9 Å². The van der Waals surface area contributed by atoms with Gasteiger partial charge in [-0.05, 0) is 62.3 Å². The van der Waals surface area contributed by atoms with E-state index in [1.807, 2.05) is 0 Å². The third kappa shape index (κ3) is 3.67. The normalized spacial score (nSPS) is 26.6. The molecule has 2 nitrogen and oxygen atoms in total. The lowest BCUT2D eigenvalue weighted by molar-refractivity contribution is 0.193. The number of hydrogen-bond acceptors (Lipinski definition) is 2. The van der Waals surface area contributed by atoms with Crippen molar-refractivity contribution in [2.24, 2.45) is 0 Å². The van der Waals surface area contributed by atoms with Crippen LogP contribution in [0.25, 0.3) is 0 Å². The van der Waals surface area contributed by atoms with Crippen LogP contribution in [-0.2, 0) is 19.4 Å². The smallest absolute Gasteiger partial charge is 0.0237 e. The Bertz CT molecular complexity index is 469. The summed E-state index contributed by atoms with van der Waals surface area (Å²) >= 11 is 0. The molecular formula is C19H30N2. The summed E-state index contributed by atoms with van der Waals surface area (Å²) in [6.07, 6.45) is 7.77. The lowest BCUT2D eigenvalue weighted by atomic mass is 10.0. The molecular weight excluding hydrogens is 256 g/mol. The summed E-state index contributed by atoms with van der Waals surface area (Å²) in [5.41, 5.74) is 4.71. The van der Waals surface area contributed by atoms with Gasteiger partial charge in [0.15, 0.2) is 0 Å². The van der Waals surface area contributed by atoms with Crippen LogP contribution in [-0.4, -0.2) is 30.1 Å². The summed E-state index contributed by atoms with van der Waals surface area (Å²) in [4.78, 5) is 2.69. The second-order valence-corrected chi connectivity index (χ2v) is 6.96. The van der Waals surface area contributed by atoms with Gasteiger partial charge in [0.05, 0.1) is 0 Å². The number of rotatable bonds is 4. The topological polar surface area (TPSA) is 15.3 Å². The molecule has 1 N–H and O–H groups in total. The highest BCUT2D eigenvalue weighted by molar-refractivity contribution is 5.35. The van der Waals surface area contributed by atoms with E-state index < -0.39 is 0 Å². The molecule has 2 aliphatic rings. The van der Waals surface area contributed by atoms with E-state index in [0.717, 1.165) is 6.54 Å². The summed E-state index contributed by atoms with van der Waals surface area (Å²) in [7, 11) is 0. The van der Waals surface area contributed by atoms with Gasteiger partial charge in [0.1, 0.15) is 0 Å². The van der Waals surface area contributed by atoms with E-state index >= 15 is 0 Å². The summed E-state index contributed by atoms with van der Waals surface area (Å²) in [5.74, 6) is 0. The second-order valence-electron chi connectivity index (χ2n) is 6.96. The Hall–Kier alpha value is -0.860. The Labute approximate surface area is 129 Å². The molecule has 1 heterocycles. The van der Waals surface area contributed by atoms with Crippen LogP contribution in [0, 0.1) is 0 Å². The molecule has 1 aromatic rings. The molecule has 2 unspecified atom stereocenters. The Morgan fingerprint density at radius 1 is 1.24 bits per heavy atom. The first-order valence-electron chi connectivity index (χ1n) is 8.84. The van der Waals surface area contributed by atoms with E-state index in [0.29, 0.717) is 12.1 Å². The molecule has 2 heteroatoms. The summed E-state index contributed by atoms with van der Waals surface area (Å²) in [6.45, 7) is 8.18. The zero-order chi connectivity index (χ0) is 14.7.